The molecule has 1 aromatic carbocycles. The fraction of sp³-hybridized carbons (Fsp3) is 0.375. The van der Waals surface area contributed by atoms with E-state index in [9.17, 15) is 4.79 Å². The number of carbonyl (C=O) groups is 1. The highest BCUT2D eigenvalue weighted by Gasteiger charge is 2.24. The molecule has 6 nitrogen and oxygen atoms in total. The molecule has 6 heteroatoms. The van der Waals surface area contributed by atoms with Crippen molar-refractivity contribution in [1.82, 2.24) is 14.9 Å². The number of aromatic carboxylic acids is 1. The molecule has 2 aromatic rings. The normalized spacial score (nSPS) is 19.2. The van der Waals surface area contributed by atoms with Gasteiger partial charge in [-0.15, -0.1) is 0 Å². The lowest BCUT2D eigenvalue weighted by Gasteiger charge is -2.32. The van der Waals surface area contributed by atoms with Crippen molar-refractivity contribution in [3.63, 3.8) is 0 Å². The van der Waals surface area contributed by atoms with Crippen LogP contribution in [0.25, 0.3) is 0 Å². The monoisotopic (exact) mass is 301 g/mol. The van der Waals surface area contributed by atoms with Gasteiger partial charge >= 0.3 is 5.97 Å². The van der Waals surface area contributed by atoms with Gasteiger partial charge in [0.1, 0.15) is 11.9 Å². The Morgan fingerprint density at radius 1 is 1.55 bits per heavy atom. The molecule has 2 heterocycles. The van der Waals surface area contributed by atoms with Crippen LogP contribution in [0, 0.1) is 6.92 Å². The summed E-state index contributed by atoms with van der Waals surface area (Å²) in [4.78, 5) is 20.8. The zero-order chi connectivity index (χ0) is 15.5. The summed E-state index contributed by atoms with van der Waals surface area (Å²) in [6, 6.07) is 7.07. The van der Waals surface area contributed by atoms with E-state index >= 15 is 0 Å². The lowest BCUT2D eigenvalue weighted by Crippen LogP contribution is -2.38. The first-order valence-electron chi connectivity index (χ1n) is 7.29. The maximum atomic E-state index is 11.0. The van der Waals surface area contributed by atoms with Gasteiger partial charge in [0.25, 0.3) is 0 Å². The molecule has 0 bridgehead atoms. The van der Waals surface area contributed by atoms with Crippen molar-refractivity contribution in [2.75, 3.05) is 19.7 Å². The highest BCUT2D eigenvalue weighted by Crippen LogP contribution is 2.21. The Morgan fingerprint density at radius 3 is 3.14 bits per heavy atom. The first kappa shape index (κ1) is 14.7. The van der Waals surface area contributed by atoms with E-state index in [1.807, 2.05) is 13.0 Å². The van der Waals surface area contributed by atoms with Crippen LogP contribution in [0.2, 0.25) is 0 Å². The molecule has 1 aliphatic rings. The van der Waals surface area contributed by atoms with E-state index in [1.54, 1.807) is 24.4 Å². The Labute approximate surface area is 128 Å². The molecular formula is C16H19N3O3. The van der Waals surface area contributed by atoms with Gasteiger partial charge in [0.15, 0.2) is 0 Å². The van der Waals surface area contributed by atoms with Crippen LogP contribution in [-0.2, 0) is 11.3 Å². The van der Waals surface area contributed by atoms with E-state index in [1.165, 1.54) is 0 Å². The summed E-state index contributed by atoms with van der Waals surface area (Å²) in [5.41, 5.74) is 2.34. The number of benzene rings is 1. The number of aromatic nitrogens is 2. The van der Waals surface area contributed by atoms with Crippen molar-refractivity contribution in [3.8, 4) is 0 Å². The molecule has 0 radical (unpaired) electrons. The maximum Gasteiger partial charge on any atom is 0.335 e. The Morgan fingerprint density at radius 2 is 2.41 bits per heavy atom. The lowest BCUT2D eigenvalue weighted by molar-refractivity contribution is -0.0368. The minimum atomic E-state index is -0.896. The average molecular weight is 301 g/mol. The lowest BCUT2D eigenvalue weighted by atomic mass is 10.1. The first-order valence-corrected chi connectivity index (χ1v) is 7.29. The number of aromatic amines is 1. The van der Waals surface area contributed by atoms with Gasteiger partial charge in [-0.1, -0.05) is 12.1 Å². The van der Waals surface area contributed by atoms with Gasteiger partial charge in [-0.25, -0.2) is 9.78 Å². The summed E-state index contributed by atoms with van der Waals surface area (Å²) >= 11 is 0. The summed E-state index contributed by atoms with van der Waals surface area (Å²) in [7, 11) is 0. The van der Waals surface area contributed by atoms with Crippen LogP contribution in [0.4, 0.5) is 0 Å². The van der Waals surface area contributed by atoms with Crippen LogP contribution in [0.15, 0.2) is 30.5 Å². The minimum Gasteiger partial charge on any atom is -0.478 e. The molecule has 0 amide bonds. The van der Waals surface area contributed by atoms with Gasteiger partial charge in [0.2, 0.25) is 0 Å². The summed E-state index contributed by atoms with van der Waals surface area (Å²) in [5, 5.41) is 9.06. The fourth-order valence-electron chi connectivity index (χ4n) is 2.67. The highest BCUT2D eigenvalue weighted by atomic mass is 16.5. The van der Waals surface area contributed by atoms with Gasteiger partial charge < -0.3 is 14.8 Å². The molecule has 0 saturated carbocycles. The van der Waals surface area contributed by atoms with Crippen LogP contribution >= 0.6 is 0 Å². The number of nitrogens with zero attached hydrogens (tertiary/aromatic N) is 2. The van der Waals surface area contributed by atoms with Crippen LogP contribution in [-0.4, -0.2) is 45.6 Å². The third-order valence-corrected chi connectivity index (χ3v) is 3.76. The van der Waals surface area contributed by atoms with Crippen LogP contribution in [0.3, 0.4) is 0 Å². The van der Waals surface area contributed by atoms with Crippen molar-refractivity contribution in [3.05, 3.63) is 53.1 Å². The molecule has 1 fully saturated rings. The number of ether oxygens (including phenoxy) is 1. The summed E-state index contributed by atoms with van der Waals surface area (Å²) in [6.45, 7) is 4.88. The number of carboxylic acid groups (broad SMARTS) is 1. The molecule has 0 spiro atoms. The zero-order valence-corrected chi connectivity index (χ0v) is 12.5. The number of hydrogen-bond acceptors (Lipinski definition) is 4. The molecule has 1 aliphatic heterocycles. The smallest absolute Gasteiger partial charge is 0.335 e. The molecule has 1 aromatic heterocycles. The fourth-order valence-corrected chi connectivity index (χ4v) is 2.67. The first-order chi connectivity index (χ1) is 10.6. The van der Waals surface area contributed by atoms with Crippen molar-refractivity contribution in [1.29, 1.82) is 0 Å². The number of rotatable bonds is 4. The number of nitrogens with one attached hydrogen (secondary N) is 1. The minimum absolute atomic E-state index is 0.0647. The van der Waals surface area contributed by atoms with E-state index in [0.717, 1.165) is 30.2 Å². The summed E-state index contributed by atoms with van der Waals surface area (Å²) in [6.07, 6.45) is 1.73. The van der Waals surface area contributed by atoms with Crippen LogP contribution < -0.4 is 0 Å². The SMILES string of the molecule is Cc1cnc(C2CN(Cc3cccc(C(=O)O)c3)CCO2)[nH]1. The number of carboxylic acids is 1. The van der Waals surface area contributed by atoms with E-state index in [2.05, 4.69) is 14.9 Å². The van der Waals surface area contributed by atoms with Gasteiger partial charge in [0, 0.05) is 31.5 Å². The third kappa shape index (κ3) is 3.35. The Balaban J connectivity index is 1.67. The summed E-state index contributed by atoms with van der Waals surface area (Å²) in [5.74, 6) is -0.0470. The van der Waals surface area contributed by atoms with E-state index in [0.29, 0.717) is 18.7 Å². The molecule has 0 aliphatic carbocycles. The molecule has 3 rings (SSSR count). The Bertz CT molecular complexity index is 668. The zero-order valence-electron chi connectivity index (χ0n) is 12.5. The maximum absolute atomic E-state index is 11.0. The molecule has 1 saturated heterocycles. The number of morpholine rings is 1. The Hall–Kier alpha value is -2.18. The topological polar surface area (TPSA) is 78.5 Å². The molecule has 2 N–H and O–H groups in total. The van der Waals surface area contributed by atoms with Gasteiger partial charge in [-0.05, 0) is 24.6 Å². The number of aryl methyl sites for hydroxylation is 1. The van der Waals surface area contributed by atoms with E-state index in [-0.39, 0.29) is 6.10 Å². The van der Waals surface area contributed by atoms with Gasteiger partial charge in [0.05, 0.1) is 12.2 Å². The number of imidazole rings is 1. The second-order valence-electron chi connectivity index (χ2n) is 5.55. The molecule has 1 unspecified atom stereocenters. The predicted octanol–water partition coefficient (Wildman–Crippen LogP) is 1.99. The van der Waals surface area contributed by atoms with Gasteiger partial charge in [-0.3, -0.25) is 4.90 Å². The van der Waals surface area contributed by atoms with Crippen molar-refractivity contribution in [2.45, 2.75) is 19.6 Å². The number of H-pyrrole nitrogens is 1. The van der Waals surface area contributed by atoms with Gasteiger partial charge in [-0.2, -0.15) is 0 Å². The van der Waals surface area contributed by atoms with E-state index in [4.69, 9.17) is 9.84 Å². The van der Waals surface area contributed by atoms with Crippen molar-refractivity contribution in [2.24, 2.45) is 0 Å². The van der Waals surface area contributed by atoms with Crippen LogP contribution in [0.1, 0.15) is 33.5 Å². The third-order valence-electron chi connectivity index (χ3n) is 3.76. The molecule has 22 heavy (non-hydrogen) atoms. The molecule has 1 atom stereocenters. The predicted molar refractivity (Wildman–Crippen MR) is 80.7 cm³/mol. The standard InChI is InChI=1S/C16H19N3O3/c1-11-8-17-15(18-11)14-10-19(5-6-22-14)9-12-3-2-4-13(7-12)16(20)21/h2-4,7-8,14H,5-6,9-10H2,1H3,(H,17,18)(H,20,21). The molecular weight excluding hydrogens is 282 g/mol. The average Bonchev–Trinajstić information content (AvgIpc) is 2.94. The van der Waals surface area contributed by atoms with Crippen molar-refractivity contribution >= 4 is 5.97 Å². The largest absolute Gasteiger partial charge is 0.478 e. The Kier molecular flexibility index (Phi) is 4.22. The van der Waals surface area contributed by atoms with Crippen LogP contribution in [0.5, 0.6) is 0 Å². The molecule has 116 valence electrons. The second-order valence-corrected chi connectivity index (χ2v) is 5.55. The number of hydrogen-bond donors (Lipinski definition) is 2. The van der Waals surface area contributed by atoms with E-state index < -0.39 is 5.97 Å². The quantitative estimate of drug-likeness (QED) is 0.903. The highest BCUT2D eigenvalue weighted by molar-refractivity contribution is 5.87. The van der Waals surface area contributed by atoms with Crippen molar-refractivity contribution < 1.29 is 14.6 Å². The summed E-state index contributed by atoms with van der Waals surface area (Å²) < 4.78 is 5.78. The second kappa shape index (κ2) is 6.29.